The Morgan fingerprint density at radius 1 is 1.46 bits per heavy atom. The minimum atomic E-state index is -0.00286. The van der Waals surface area contributed by atoms with Crippen molar-refractivity contribution >= 4 is 22.6 Å². The van der Waals surface area contributed by atoms with Crippen LogP contribution in [0, 0.1) is 16.3 Å². The lowest BCUT2D eigenvalue weighted by Gasteiger charge is -2.20. The fraction of sp³-hybridized carbons (Fsp3) is 0.400. The van der Waals surface area contributed by atoms with Gasteiger partial charge in [0.1, 0.15) is 5.82 Å². The third-order valence-electron chi connectivity index (χ3n) is 2.46. The highest BCUT2D eigenvalue weighted by Crippen LogP contribution is 2.25. The summed E-state index contributed by atoms with van der Waals surface area (Å²) in [5.74, 6) is -0.00286. The molecule has 0 fully saturated rings. The van der Waals surface area contributed by atoms with Gasteiger partial charge in [0.25, 0.3) is 0 Å². The van der Waals surface area contributed by atoms with Crippen LogP contribution in [0.2, 0.25) is 0 Å². The van der Waals surface area contributed by atoms with Crippen LogP contribution >= 0.6 is 22.6 Å². The number of aryl methyl sites for hydroxylation is 1. The van der Waals surface area contributed by atoms with Gasteiger partial charge in [-0.2, -0.15) is 0 Å². The van der Waals surface area contributed by atoms with Gasteiger partial charge in [0.2, 0.25) is 0 Å². The van der Waals surface area contributed by atoms with Crippen LogP contribution in [0.5, 0.6) is 0 Å². The quantitative estimate of drug-likeness (QED) is 0.724. The van der Waals surface area contributed by atoms with Crippen molar-refractivity contribution in [2.45, 2.75) is 19.9 Å². The summed E-state index contributed by atoms with van der Waals surface area (Å²) in [6.07, 6.45) is 0.818. The van der Waals surface area contributed by atoms with Crippen LogP contribution in [0.3, 0.4) is 0 Å². The lowest BCUT2D eigenvalue weighted by atomic mass is 9.98. The first-order chi connectivity index (χ1) is 6.20. The second-order valence-electron chi connectivity index (χ2n) is 3.37. The van der Waals surface area contributed by atoms with Crippen LogP contribution in [-0.4, -0.2) is 6.54 Å². The summed E-state index contributed by atoms with van der Waals surface area (Å²) >= 11 is 2.28. The lowest BCUT2D eigenvalue weighted by molar-refractivity contribution is 0.561. The summed E-state index contributed by atoms with van der Waals surface area (Å²) in [5.41, 5.74) is 2.84. The van der Waals surface area contributed by atoms with E-state index in [4.69, 9.17) is 0 Å². The van der Waals surface area contributed by atoms with E-state index in [0.29, 0.717) is 0 Å². The third kappa shape index (κ3) is 1.59. The minimum Gasteiger partial charge on any atom is -0.312 e. The van der Waals surface area contributed by atoms with Gasteiger partial charge in [-0.25, -0.2) is 4.39 Å². The molecule has 0 saturated carbocycles. The molecule has 0 radical (unpaired) electrons. The maximum atomic E-state index is 13.6. The Kier molecular flexibility index (Phi) is 2.55. The monoisotopic (exact) mass is 291 g/mol. The van der Waals surface area contributed by atoms with Gasteiger partial charge in [0.05, 0.1) is 0 Å². The fourth-order valence-electron chi connectivity index (χ4n) is 1.73. The number of benzene rings is 1. The first-order valence-corrected chi connectivity index (χ1v) is 5.45. The average Bonchev–Trinajstić information content (AvgIpc) is 2.15. The molecule has 1 aliphatic heterocycles. The Morgan fingerprint density at radius 3 is 3.00 bits per heavy atom. The van der Waals surface area contributed by atoms with E-state index in [1.807, 2.05) is 13.0 Å². The molecular weight excluding hydrogens is 280 g/mol. The molecule has 0 spiro atoms. The molecule has 0 aromatic heterocycles. The summed E-state index contributed by atoms with van der Waals surface area (Å²) in [6, 6.07) is 1.92. The number of fused-ring (bicyclic) bond motifs is 1. The largest absolute Gasteiger partial charge is 0.312 e. The van der Waals surface area contributed by atoms with Gasteiger partial charge in [0.15, 0.2) is 0 Å². The zero-order chi connectivity index (χ0) is 9.42. The third-order valence-corrected chi connectivity index (χ3v) is 3.42. The van der Waals surface area contributed by atoms with Gasteiger partial charge in [-0.3, -0.25) is 0 Å². The highest BCUT2D eigenvalue weighted by molar-refractivity contribution is 14.1. The highest BCUT2D eigenvalue weighted by Gasteiger charge is 2.17. The van der Waals surface area contributed by atoms with Crippen molar-refractivity contribution in [3.63, 3.8) is 0 Å². The van der Waals surface area contributed by atoms with E-state index in [1.54, 1.807) is 0 Å². The Balaban J connectivity index is 2.63. The van der Waals surface area contributed by atoms with Crippen molar-refractivity contribution in [3.8, 4) is 0 Å². The molecule has 0 amide bonds. The molecule has 3 heteroatoms. The number of rotatable bonds is 0. The molecule has 1 aliphatic rings. The molecule has 0 atom stereocenters. The van der Waals surface area contributed by atoms with Crippen molar-refractivity contribution in [2.24, 2.45) is 0 Å². The SMILES string of the molecule is Cc1cc(I)c2c(c1F)CCNC2. The molecular formula is C10H11FIN. The topological polar surface area (TPSA) is 12.0 Å². The number of nitrogens with one attached hydrogen (secondary N) is 1. The Labute approximate surface area is 90.9 Å². The number of halogens is 2. The smallest absolute Gasteiger partial charge is 0.129 e. The summed E-state index contributed by atoms with van der Waals surface area (Å²) in [7, 11) is 0. The van der Waals surface area contributed by atoms with Crippen LogP contribution in [0.15, 0.2) is 6.07 Å². The molecule has 0 bridgehead atoms. The van der Waals surface area contributed by atoms with Crippen molar-refractivity contribution in [2.75, 3.05) is 6.54 Å². The molecule has 1 aromatic carbocycles. The molecule has 13 heavy (non-hydrogen) atoms. The van der Waals surface area contributed by atoms with E-state index in [9.17, 15) is 4.39 Å². The van der Waals surface area contributed by atoms with Crippen molar-refractivity contribution < 1.29 is 4.39 Å². The molecule has 1 N–H and O–H groups in total. The summed E-state index contributed by atoms with van der Waals surface area (Å²) < 4.78 is 14.8. The number of hydrogen-bond donors (Lipinski definition) is 1. The molecule has 0 saturated heterocycles. The van der Waals surface area contributed by atoms with Gasteiger partial charge in [-0.15, -0.1) is 0 Å². The molecule has 1 nitrogen and oxygen atoms in total. The molecule has 70 valence electrons. The zero-order valence-corrected chi connectivity index (χ0v) is 9.61. The maximum Gasteiger partial charge on any atom is 0.129 e. The molecule has 0 aliphatic carbocycles. The van der Waals surface area contributed by atoms with E-state index in [0.717, 1.165) is 36.2 Å². The van der Waals surface area contributed by atoms with Crippen LogP contribution in [0.4, 0.5) is 4.39 Å². The van der Waals surface area contributed by atoms with E-state index in [2.05, 4.69) is 27.9 Å². The van der Waals surface area contributed by atoms with Crippen LogP contribution < -0.4 is 5.32 Å². The summed E-state index contributed by atoms with van der Waals surface area (Å²) in [5, 5.41) is 3.26. The van der Waals surface area contributed by atoms with Gasteiger partial charge in [0, 0.05) is 10.1 Å². The van der Waals surface area contributed by atoms with Gasteiger partial charge >= 0.3 is 0 Å². The van der Waals surface area contributed by atoms with Crippen molar-refractivity contribution in [3.05, 3.63) is 32.1 Å². The van der Waals surface area contributed by atoms with E-state index in [1.165, 1.54) is 3.57 Å². The lowest BCUT2D eigenvalue weighted by Crippen LogP contribution is -2.25. The first-order valence-electron chi connectivity index (χ1n) is 4.37. The van der Waals surface area contributed by atoms with Crippen LogP contribution in [-0.2, 0) is 13.0 Å². The van der Waals surface area contributed by atoms with E-state index >= 15 is 0 Å². The second kappa shape index (κ2) is 3.53. The first kappa shape index (κ1) is 9.40. The Bertz CT molecular complexity index is 349. The van der Waals surface area contributed by atoms with E-state index < -0.39 is 0 Å². The minimum absolute atomic E-state index is 0.00286. The average molecular weight is 291 g/mol. The zero-order valence-electron chi connectivity index (χ0n) is 7.45. The predicted octanol–water partition coefficient (Wildman–Crippen LogP) is 2.38. The van der Waals surface area contributed by atoms with E-state index in [-0.39, 0.29) is 5.82 Å². The van der Waals surface area contributed by atoms with Crippen molar-refractivity contribution in [1.82, 2.24) is 5.32 Å². The summed E-state index contributed by atoms with van der Waals surface area (Å²) in [6.45, 7) is 3.54. The van der Waals surface area contributed by atoms with Gasteiger partial charge in [-0.05, 0) is 65.2 Å². The van der Waals surface area contributed by atoms with Gasteiger partial charge in [-0.1, -0.05) is 0 Å². The molecule has 1 heterocycles. The highest BCUT2D eigenvalue weighted by atomic mass is 127. The standard InChI is InChI=1S/C10H11FIN/c1-6-4-9(12)8-5-13-3-2-7(8)10(6)11/h4,13H,2-3,5H2,1H3. The summed E-state index contributed by atoms with van der Waals surface area (Å²) in [4.78, 5) is 0. The van der Waals surface area contributed by atoms with Crippen LogP contribution in [0.1, 0.15) is 16.7 Å². The Morgan fingerprint density at radius 2 is 2.23 bits per heavy atom. The Hall–Kier alpha value is -0.160. The van der Waals surface area contributed by atoms with Gasteiger partial charge < -0.3 is 5.32 Å². The molecule has 1 aromatic rings. The molecule has 2 rings (SSSR count). The number of hydrogen-bond acceptors (Lipinski definition) is 1. The second-order valence-corrected chi connectivity index (χ2v) is 4.54. The van der Waals surface area contributed by atoms with Crippen LogP contribution in [0.25, 0.3) is 0 Å². The molecule has 0 unspecified atom stereocenters. The fourth-order valence-corrected chi connectivity index (χ4v) is 2.72. The normalized spacial score (nSPS) is 15.6. The predicted molar refractivity (Wildman–Crippen MR) is 59.3 cm³/mol. The van der Waals surface area contributed by atoms with Crippen molar-refractivity contribution in [1.29, 1.82) is 0 Å². The maximum absolute atomic E-state index is 13.6.